The number of nitrogens with one attached hydrogen (secondary N) is 1. The fourth-order valence-electron chi connectivity index (χ4n) is 2.81. The number of aliphatic hydroxyl groups excluding tert-OH is 1. The van der Waals surface area contributed by atoms with Crippen molar-refractivity contribution in [2.45, 2.75) is 27.8 Å². The van der Waals surface area contributed by atoms with Crippen LogP contribution in [0.4, 0.5) is 5.13 Å². The van der Waals surface area contributed by atoms with Gasteiger partial charge in [0.2, 0.25) is 21.1 Å². The number of amides is 1. The number of methoxy groups -OCH3 is 1. The lowest BCUT2D eigenvalue weighted by molar-refractivity contribution is -0.119. The van der Waals surface area contributed by atoms with Gasteiger partial charge in [-0.15, -0.1) is 16.8 Å². The molecule has 0 bridgehead atoms. The van der Waals surface area contributed by atoms with E-state index in [2.05, 4.69) is 22.1 Å². The van der Waals surface area contributed by atoms with Crippen LogP contribution in [-0.4, -0.2) is 65.5 Å². The number of sulfonamides is 1. The Labute approximate surface area is 176 Å². The van der Waals surface area contributed by atoms with Crippen molar-refractivity contribution in [2.24, 2.45) is 0 Å². The highest BCUT2D eigenvalue weighted by Crippen LogP contribution is 2.30. The minimum absolute atomic E-state index is 0.00189. The van der Waals surface area contributed by atoms with Gasteiger partial charge in [0.05, 0.1) is 18.1 Å². The third-order valence-electron chi connectivity index (χ3n) is 4.16. The average molecular weight is 457 g/mol. The minimum Gasteiger partial charge on any atom is -0.497 e. The Balaban J connectivity index is 1.77. The predicted octanol–water partition coefficient (Wildman–Crippen LogP) is 1.59. The lowest BCUT2D eigenvalue weighted by Crippen LogP contribution is -2.43. The van der Waals surface area contributed by atoms with Crippen LogP contribution in [0.5, 0.6) is 5.75 Å². The standard InChI is InChI=1S/C17H20N4O5S3/c1-3-8-27-17-20-19-16(28-17)18-15(23)14-9-11(22)10-21(14)29(24,25)13-6-4-12(26-2)5-7-13/h3-7,11,14,22H,1,8-10H2,2H3,(H,18,19,23)/t11-,14-/m0/s1. The molecule has 1 saturated heterocycles. The molecule has 0 aliphatic carbocycles. The molecule has 1 aromatic carbocycles. The van der Waals surface area contributed by atoms with Crippen LogP contribution in [-0.2, 0) is 14.8 Å². The third kappa shape index (κ3) is 4.95. The molecule has 29 heavy (non-hydrogen) atoms. The van der Waals surface area contributed by atoms with Gasteiger partial charge in [0, 0.05) is 18.7 Å². The number of benzene rings is 1. The van der Waals surface area contributed by atoms with Crippen LogP contribution >= 0.6 is 23.1 Å². The number of anilines is 1. The smallest absolute Gasteiger partial charge is 0.244 e. The molecule has 9 nitrogen and oxygen atoms in total. The average Bonchev–Trinajstić information content (AvgIpc) is 3.33. The highest BCUT2D eigenvalue weighted by molar-refractivity contribution is 8.01. The molecule has 0 radical (unpaired) electrons. The monoisotopic (exact) mass is 456 g/mol. The van der Waals surface area contributed by atoms with Crippen LogP contribution in [0.1, 0.15) is 6.42 Å². The van der Waals surface area contributed by atoms with E-state index in [0.717, 1.165) is 4.31 Å². The maximum absolute atomic E-state index is 13.0. The molecule has 0 saturated carbocycles. The number of β-amino-alcohol motifs (C(OH)–C–C–N with tert-alkyl or cyclic N) is 1. The summed E-state index contributed by atoms with van der Waals surface area (Å²) in [5.41, 5.74) is 0. The molecule has 2 aromatic rings. The molecule has 156 valence electrons. The fourth-order valence-corrected chi connectivity index (χ4v) is 5.96. The molecule has 1 aliphatic rings. The molecule has 2 atom stereocenters. The first kappa shape index (κ1) is 21.7. The van der Waals surface area contributed by atoms with Crippen molar-refractivity contribution in [1.29, 1.82) is 0 Å². The van der Waals surface area contributed by atoms with E-state index in [1.54, 1.807) is 6.08 Å². The predicted molar refractivity (Wildman–Crippen MR) is 111 cm³/mol. The Kier molecular flexibility index (Phi) is 6.90. The Morgan fingerprint density at radius 3 is 2.83 bits per heavy atom. The van der Waals surface area contributed by atoms with Gasteiger partial charge >= 0.3 is 0 Å². The molecule has 1 aliphatic heterocycles. The lowest BCUT2D eigenvalue weighted by Gasteiger charge is -2.22. The molecule has 3 rings (SSSR count). The first-order valence-electron chi connectivity index (χ1n) is 8.57. The largest absolute Gasteiger partial charge is 0.497 e. The van der Waals surface area contributed by atoms with Crippen LogP contribution in [0.2, 0.25) is 0 Å². The molecule has 1 aromatic heterocycles. The maximum Gasteiger partial charge on any atom is 0.244 e. The summed E-state index contributed by atoms with van der Waals surface area (Å²) < 4.78 is 32.8. The van der Waals surface area contributed by atoms with Crippen LogP contribution in [0.3, 0.4) is 0 Å². The highest BCUT2D eigenvalue weighted by Gasteiger charge is 2.43. The first-order chi connectivity index (χ1) is 13.8. The Hall–Kier alpha value is -1.99. The van der Waals surface area contributed by atoms with E-state index in [4.69, 9.17) is 4.74 Å². The molecule has 0 spiro atoms. The van der Waals surface area contributed by atoms with E-state index in [1.165, 1.54) is 54.5 Å². The maximum atomic E-state index is 13.0. The zero-order chi connectivity index (χ0) is 21.0. The zero-order valence-corrected chi connectivity index (χ0v) is 18.0. The van der Waals surface area contributed by atoms with Gasteiger partial charge in [-0.3, -0.25) is 10.1 Å². The van der Waals surface area contributed by atoms with Crippen molar-refractivity contribution in [3.8, 4) is 5.75 Å². The molecular formula is C17H20N4O5S3. The first-order valence-corrected chi connectivity index (χ1v) is 11.8. The molecule has 1 amide bonds. The third-order valence-corrected chi connectivity index (χ3v) is 8.02. The number of carbonyl (C=O) groups is 1. The Bertz CT molecular complexity index is 977. The van der Waals surface area contributed by atoms with Gasteiger partial charge in [0.15, 0.2) is 4.34 Å². The van der Waals surface area contributed by atoms with Crippen LogP contribution in [0, 0.1) is 0 Å². The summed E-state index contributed by atoms with van der Waals surface area (Å²) in [4.78, 5) is 12.8. The van der Waals surface area contributed by atoms with E-state index in [-0.39, 0.29) is 23.0 Å². The summed E-state index contributed by atoms with van der Waals surface area (Å²) in [7, 11) is -2.50. The second-order valence-corrected chi connectivity index (χ2v) is 10.3. The number of rotatable bonds is 8. The van der Waals surface area contributed by atoms with E-state index in [9.17, 15) is 18.3 Å². The summed E-state index contributed by atoms with van der Waals surface area (Å²) in [6.45, 7) is 3.47. The lowest BCUT2D eigenvalue weighted by atomic mass is 10.2. The van der Waals surface area contributed by atoms with Gasteiger partial charge in [-0.2, -0.15) is 4.31 Å². The number of carbonyl (C=O) groups excluding carboxylic acids is 1. The number of thioether (sulfide) groups is 1. The van der Waals surface area contributed by atoms with Crippen LogP contribution < -0.4 is 10.1 Å². The summed E-state index contributed by atoms with van der Waals surface area (Å²) in [5, 5.41) is 20.8. The molecule has 2 N–H and O–H groups in total. The number of hydrogen-bond donors (Lipinski definition) is 2. The van der Waals surface area contributed by atoms with Crippen molar-refractivity contribution in [3.63, 3.8) is 0 Å². The molecular weight excluding hydrogens is 436 g/mol. The Morgan fingerprint density at radius 1 is 1.45 bits per heavy atom. The highest BCUT2D eigenvalue weighted by atomic mass is 32.2. The minimum atomic E-state index is -3.98. The quantitative estimate of drug-likeness (QED) is 0.349. The SMILES string of the molecule is C=CCSc1nnc(NC(=O)[C@@H]2C[C@H](O)CN2S(=O)(=O)c2ccc(OC)cc2)s1. The number of ether oxygens (including phenoxy) is 1. The molecule has 0 unspecified atom stereocenters. The Morgan fingerprint density at radius 2 is 2.17 bits per heavy atom. The van der Waals surface area contributed by atoms with Gasteiger partial charge in [0.25, 0.3) is 0 Å². The van der Waals surface area contributed by atoms with Crippen molar-refractivity contribution >= 4 is 44.2 Å². The summed E-state index contributed by atoms with van der Waals surface area (Å²) >= 11 is 2.61. The second-order valence-electron chi connectivity index (χ2n) is 6.12. The van der Waals surface area contributed by atoms with Gasteiger partial charge in [-0.25, -0.2) is 8.42 Å². The molecule has 1 fully saturated rings. The molecule has 2 heterocycles. The second kappa shape index (κ2) is 9.22. The molecule has 12 heteroatoms. The summed E-state index contributed by atoms with van der Waals surface area (Å²) in [5.74, 6) is 0.613. The van der Waals surface area contributed by atoms with Crippen molar-refractivity contribution in [3.05, 3.63) is 36.9 Å². The summed E-state index contributed by atoms with van der Waals surface area (Å²) in [6.07, 6.45) is 0.788. The van der Waals surface area contributed by atoms with Gasteiger partial charge in [-0.05, 0) is 24.3 Å². The van der Waals surface area contributed by atoms with Crippen LogP contribution in [0.25, 0.3) is 0 Å². The van der Waals surface area contributed by atoms with Crippen molar-refractivity contribution in [1.82, 2.24) is 14.5 Å². The van der Waals surface area contributed by atoms with Gasteiger partial charge in [0.1, 0.15) is 11.8 Å². The summed E-state index contributed by atoms with van der Waals surface area (Å²) in [6, 6.07) is 4.81. The van der Waals surface area contributed by atoms with Crippen molar-refractivity contribution in [2.75, 3.05) is 24.7 Å². The number of aromatic nitrogens is 2. The normalized spacial score (nSPS) is 19.8. The number of hydrogen-bond acceptors (Lipinski definition) is 9. The topological polar surface area (TPSA) is 122 Å². The van der Waals surface area contributed by atoms with Gasteiger partial charge in [-0.1, -0.05) is 29.2 Å². The number of nitrogens with zero attached hydrogens (tertiary/aromatic N) is 3. The van der Waals surface area contributed by atoms with E-state index < -0.39 is 28.1 Å². The van der Waals surface area contributed by atoms with Crippen molar-refractivity contribution < 1.29 is 23.1 Å². The number of aliphatic hydroxyl groups is 1. The van der Waals surface area contributed by atoms with E-state index in [1.807, 2.05) is 0 Å². The fraction of sp³-hybridized carbons (Fsp3) is 0.353. The zero-order valence-electron chi connectivity index (χ0n) is 15.5. The van der Waals surface area contributed by atoms with Crippen LogP contribution in [0.15, 0.2) is 46.2 Å². The van der Waals surface area contributed by atoms with E-state index >= 15 is 0 Å². The van der Waals surface area contributed by atoms with E-state index in [0.29, 0.717) is 15.8 Å². The van der Waals surface area contributed by atoms with Gasteiger partial charge < -0.3 is 9.84 Å².